The number of anilines is 1. The van der Waals surface area contributed by atoms with Gasteiger partial charge in [0.05, 0.1) is 12.1 Å². The summed E-state index contributed by atoms with van der Waals surface area (Å²) in [6.07, 6.45) is 0. The first-order chi connectivity index (χ1) is 9.69. The molecule has 0 unspecified atom stereocenters. The molecular formula is C15H18N4O. The van der Waals surface area contributed by atoms with Gasteiger partial charge in [0.2, 0.25) is 5.91 Å². The molecule has 1 aromatic heterocycles. The standard InChI is InChI=1S/C15H18N4O/c1-18-6-7-19(10-14(18)20)15-12(9-16)8-11-4-2-3-5-13(11)17-15/h2-5,8H,6-7,9-10,16H2,1H3. The maximum absolute atomic E-state index is 11.9. The second kappa shape index (κ2) is 5.09. The van der Waals surface area contributed by atoms with Crippen molar-refractivity contribution in [2.45, 2.75) is 6.54 Å². The smallest absolute Gasteiger partial charge is 0.241 e. The van der Waals surface area contributed by atoms with E-state index in [4.69, 9.17) is 10.7 Å². The highest BCUT2D eigenvalue weighted by atomic mass is 16.2. The summed E-state index contributed by atoms with van der Waals surface area (Å²) in [4.78, 5) is 20.3. The lowest BCUT2D eigenvalue weighted by Crippen LogP contribution is -2.49. The number of carbonyl (C=O) groups is 1. The molecule has 1 aromatic carbocycles. The number of amides is 1. The van der Waals surface area contributed by atoms with Crippen molar-refractivity contribution < 1.29 is 4.79 Å². The summed E-state index contributed by atoms with van der Waals surface area (Å²) in [6, 6.07) is 10.0. The number of likely N-dealkylation sites (N-methyl/N-ethyl adjacent to an activating group) is 1. The predicted octanol–water partition coefficient (Wildman–Crippen LogP) is 0.972. The molecule has 5 nitrogen and oxygen atoms in total. The minimum absolute atomic E-state index is 0.120. The summed E-state index contributed by atoms with van der Waals surface area (Å²) < 4.78 is 0. The van der Waals surface area contributed by atoms with Crippen LogP contribution >= 0.6 is 0 Å². The Morgan fingerprint density at radius 1 is 1.30 bits per heavy atom. The molecular weight excluding hydrogens is 252 g/mol. The molecule has 0 radical (unpaired) electrons. The molecule has 0 atom stereocenters. The number of fused-ring (bicyclic) bond motifs is 1. The van der Waals surface area contributed by atoms with E-state index in [-0.39, 0.29) is 5.91 Å². The average molecular weight is 270 g/mol. The molecule has 0 aliphatic carbocycles. The third kappa shape index (κ3) is 2.20. The fourth-order valence-electron chi connectivity index (χ4n) is 2.51. The summed E-state index contributed by atoms with van der Waals surface area (Å²) in [5.74, 6) is 0.960. The van der Waals surface area contributed by atoms with Crippen molar-refractivity contribution in [1.29, 1.82) is 0 Å². The number of nitrogens with two attached hydrogens (primary N) is 1. The van der Waals surface area contributed by atoms with E-state index < -0.39 is 0 Å². The monoisotopic (exact) mass is 270 g/mol. The van der Waals surface area contributed by atoms with E-state index in [0.29, 0.717) is 13.1 Å². The molecule has 20 heavy (non-hydrogen) atoms. The minimum Gasteiger partial charge on any atom is -0.345 e. The molecule has 1 saturated heterocycles. The number of hydrogen-bond donors (Lipinski definition) is 1. The molecule has 2 heterocycles. The van der Waals surface area contributed by atoms with Gasteiger partial charge in [0, 0.05) is 37.6 Å². The molecule has 0 spiro atoms. The highest BCUT2D eigenvalue weighted by Gasteiger charge is 2.23. The van der Waals surface area contributed by atoms with Gasteiger partial charge in [0.25, 0.3) is 0 Å². The number of carbonyl (C=O) groups excluding carboxylic acids is 1. The van der Waals surface area contributed by atoms with Crippen LogP contribution in [0.2, 0.25) is 0 Å². The summed E-state index contributed by atoms with van der Waals surface area (Å²) in [7, 11) is 1.83. The zero-order chi connectivity index (χ0) is 14.1. The predicted molar refractivity (Wildman–Crippen MR) is 79.5 cm³/mol. The Morgan fingerprint density at radius 3 is 2.85 bits per heavy atom. The van der Waals surface area contributed by atoms with E-state index in [1.165, 1.54) is 0 Å². The van der Waals surface area contributed by atoms with Gasteiger partial charge < -0.3 is 15.5 Å². The fraction of sp³-hybridized carbons (Fsp3) is 0.333. The van der Waals surface area contributed by atoms with Gasteiger partial charge in [-0.3, -0.25) is 4.79 Å². The number of rotatable bonds is 2. The lowest BCUT2D eigenvalue weighted by molar-refractivity contribution is -0.129. The number of hydrogen-bond acceptors (Lipinski definition) is 4. The van der Waals surface area contributed by atoms with Gasteiger partial charge in [0.1, 0.15) is 5.82 Å². The highest BCUT2D eigenvalue weighted by Crippen LogP contribution is 2.24. The van der Waals surface area contributed by atoms with Crippen LogP contribution in [0.1, 0.15) is 5.56 Å². The van der Waals surface area contributed by atoms with Crippen molar-refractivity contribution in [2.24, 2.45) is 5.73 Å². The Labute approximate surface area is 118 Å². The molecule has 1 amide bonds. The number of pyridine rings is 1. The zero-order valence-electron chi connectivity index (χ0n) is 11.5. The fourth-order valence-corrected chi connectivity index (χ4v) is 2.51. The van der Waals surface area contributed by atoms with Crippen LogP contribution in [0.25, 0.3) is 10.9 Å². The van der Waals surface area contributed by atoms with Crippen molar-refractivity contribution in [3.8, 4) is 0 Å². The topological polar surface area (TPSA) is 62.5 Å². The third-order valence-corrected chi connectivity index (χ3v) is 3.76. The van der Waals surface area contributed by atoms with Crippen molar-refractivity contribution in [3.63, 3.8) is 0 Å². The molecule has 5 heteroatoms. The summed E-state index contributed by atoms with van der Waals surface area (Å²) in [5, 5.41) is 1.08. The molecule has 1 aliphatic rings. The van der Waals surface area contributed by atoms with Crippen LogP contribution in [-0.2, 0) is 11.3 Å². The Hall–Kier alpha value is -2.14. The Balaban J connectivity index is 2.03. The normalized spacial score (nSPS) is 16.0. The molecule has 3 rings (SSSR count). The van der Waals surface area contributed by atoms with Gasteiger partial charge in [-0.05, 0) is 12.1 Å². The first-order valence-electron chi connectivity index (χ1n) is 6.76. The number of benzene rings is 1. The summed E-state index contributed by atoms with van der Waals surface area (Å²) in [5.41, 5.74) is 7.77. The Kier molecular flexibility index (Phi) is 3.28. The maximum Gasteiger partial charge on any atom is 0.241 e. The van der Waals surface area contributed by atoms with E-state index in [1.54, 1.807) is 4.90 Å². The van der Waals surface area contributed by atoms with E-state index in [0.717, 1.165) is 35.4 Å². The van der Waals surface area contributed by atoms with E-state index in [1.807, 2.05) is 36.2 Å². The lowest BCUT2D eigenvalue weighted by atomic mass is 10.1. The van der Waals surface area contributed by atoms with E-state index in [9.17, 15) is 4.79 Å². The Morgan fingerprint density at radius 2 is 2.10 bits per heavy atom. The van der Waals surface area contributed by atoms with Crippen LogP contribution in [0.3, 0.4) is 0 Å². The molecule has 1 fully saturated rings. The molecule has 0 bridgehead atoms. The van der Waals surface area contributed by atoms with Gasteiger partial charge in [-0.15, -0.1) is 0 Å². The highest BCUT2D eigenvalue weighted by molar-refractivity contribution is 5.85. The molecule has 2 aromatic rings. The summed E-state index contributed by atoms with van der Waals surface area (Å²) in [6.45, 7) is 2.31. The Bertz CT molecular complexity index is 655. The quantitative estimate of drug-likeness (QED) is 0.883. The van der Waals surface area contributed by atoms with Crippen LogP contribution in [-0.4, -0.2) is 42.5 Å². The SMILES string of the molecule is CN1CCN(c2nc3ccccc3cc2CN)CC1=O. The second-order valence-corrected chi connectivity index (χ2v) is 5.10. The van der Waals surface area contributed by atoms with Crippen LogP contribution in [0.5, 0.6) is 0 Å². The van der Waals surface area contributed by atoms with E-state index in [2.05, 4.69) is 6.07 Å². The molecule has 0 saturated carbocycles. The number of piperazine rings is 1. The average Bonchev–Trinajstić information content (AvgIpc) is 2.48. The maximum atomic E-state index is 11.9. The largest absolute Gasteiger partial charge is 0.345 e. The van der Waals surface area contributed by atoms with Crippen LogP contribution < -0.4 is 10.6 Å². The van der Waals surface area contributed by atoms with Gasteiger partial charge in [0.15, 0.2) is 0 Å². The van der Waals surface area contributed by atoms with Gasteiger partial charge in [-0.25, -0.2) is 4.98 Å². The third-order valence-electron chi connectivity index (χ3n) is 3.76. The summed E-state index contributed by atoms with van der Waals surface area (Å²) >= 11 is 0. The first kappa shape index (κ1) is 12.9. The van der Waals surface area contributed by atoms with Gasteiger partial charge in [-0.2, -0.15) is 0 Å². The van der Waals surface area contributed by atoms with Crippen molar-refractivity contribution in [3.05, 3.63) is 35.9 Å². The van der Waals surface area contributed by atoms with Crippen LogP contribution in [0.15, 0.2) is 30.3 Å². The van der Waals surface area contributed by atoms with Crippen molar-refractivity contribution >= 4 is 22.6 Å². The molecule has 2 N–H and O–H groups in total. The molecule has 104 valence electrons. The minimum atomic E-state index is 0.120. The molecule has 1 aliphatic heterocycles. The van der Waals surface area contributed by atoms with Gasteiger partial charge in [-0.1, -0.05) is 18.2 Å². The first-order valence-corrected chi connectivity index (χ1v) is 6.76. The number of para-hydroxylation sites is 1. The zero-order valence-corrected chi connectivity index (χ0v) is 11.5. The van der Waals surface area contributed by atoms with E-state index >= 15 is 0 Å². The second-order valence-electron chi connectivity index (χ2n) is 5.10. The number of nitrogens with zero attached hydrogens (tertiary/aromatic N) is 3. The van der Waals surface area contributed by atoms with Crippen LogP contribution in [0.4, 0.5) is 5.82 Å². The lowest BCUT2D eigenvalue weighted by Gasteiger charge is -2.33. The van der Waals surface area contributed by atoms with Gasteiger partial charge >= 0.3 is 0 Å². The van der Waals surface area contributed by atoms with Crippen LogP contribution in [0, 0.1) is 0 Å². The van der Waals surface area contributed by atoms with Crippen molar-refractivity contribution in [2.75, 3.05) is 31.6 Å². The van der Waals surface area contributed by atoms with Crippen molar-refractivity contribution in [1.82, 2.24) is 9.88 Å². The number of aromatic nitrogens is 1.